The Kier molecular flexibility index (Phi) is 3.62. The summed E-state index contributed by atoms with van der Waals surface area (Å²) in [7, 11) is 0. The summed E-state index contributed by atoms with van der Waals surface area (Å²) in [6.07, 6.45) is 1.43. The van der Waals surface area contributed by atoms with Crippen molar-refractivity contribution >= 4 is 5.97 Å². The molecule has 0 unspecified atom stereocenters. The summed E-state index contributed by atoms with van der Waals surface area (Å²) in [5.74, 6) is -0.944. The molecule has 0 fully saturated rings. The molecule has 0 radical (unpaired) electrons. The first-order chi connectivity index (χ1) is 9.32. The van der Waals surface area contributed by atoms with Crippen molar-refractivity contribution in [3.63, 3.8) is 0 Å². The monoisotopic (exact) mass is 269 g/mol. The van der Waals surface area contributed by atoms with E-state index in [9.17, 15) is 4.79 Å². The molecule has 3 heteroatoms. The Bertz CT molecular complexity index is 676. The summed E-state index contributed by atoms with van der Waals surface area (Å²) in [5.41, 5.74) is 7.97. The van der Waals surface area contributed by atoms with Gasteiger partial charge < -0.3 is 5.11 Å². The van der Waals surface area contributed by atoms with E-state index in [1.165, 1.54) is 28.5 Å². The van der Waals surface area contributed by atoms with Gasteiger partial charge in [0.2, 0.25) is 0 Å². The Morgan fingerprint density at radius 2 is 1.50 bits per heavy atom. The number of rotatable bonds is 2. The lowest BCUT2D eigenvalue weighted by molar-refractivity contribution is 0.0696. The van der Waals surface area contributed by atoms with Crippen LogP contribution in [0.15, 0.2) is 18.3 Å². The van der Waals surface area contributed by atoms with Crippen LogP contribution in [0.5, 0.6) is 0 Å². The van der Waals surface area contributed by atoms with E-state index in [4.69, 9.17) is 5.11 Å². The van der Waals surface area contributed by atoms with E-state index >= 15 is 0 Å². The molecule has 1 N–H and O–H groups in total. The zero-order valence-electron chi connectivity index (χ0n) is 12.5. The largest absolute Gasteiger partial charge is 0.478 e. The van der Waals surface area contributed by atoms with Crippen LogP contribution in [0.3, 0.4) is 0 Å². The van der Waals surface area contributed by atoms with Gasteiger partial charge in [-0.1, -0.05) is 6.07 Å². The number of aromatic nitrogens is 1. The molecule has 2 aromatic rings. The molecule has 0 amide bonds. The number of aromatic carboxylic acids is 1. The van der Waals surface area contributed by atoms with Gasteiger partial charge >= 0.3 is 5.97 Å². The summed E-state index contributed by atoms with van der Waals surface area (Å²) in [6.45, 7) is 10.3. The molecule has 2 rings (SSSR count). The third-order valence-electron chi connectivity index (χ3n) is 3.93. The van der Waals surface area contributed by atoms with E-state index in [1.807, 2.05) is 6.92 Å². The lowest BCUT2D eigenvalue weighted by Gasteiger charge is -2.16. The van der Waals surface area contributed by atoms with Crippen LogP contribution in [0.25, 0.3) is 11.3 Å². The van der Waals surface area contributed by atoms with Crippen molar-refractivity contribution in [1.82, 2.24) is 4.98 Å². The SMILES string of the molecule is Cc1cc(C(=O)O)cnc1-c1c(C)c(C)cc(C)c1C. The zero-order valence-corrected chi connectivity index (χ0v) is 12.5. The van der Waals surface area contributed by atoms with Crippen molar-refractivity contribution in [3.05, 3.63) is 51.7 Å². The second kappa shape index (κ2) is 5.08. The Balaban J connectivity index is 2.72. The van der Waals surface area contributed by atoms with Gasteiger partial charge in [0, 0.05) is 11.8 Å². The maximum Gasteiger partial charge on any atom is 0.337 e. The highest BCUT2D eigenvalue weighted by Gasteiger charge is 2.15. The van der Waals surface area contributed by atoms with Crippen LogP contribution in [0.2, 0.25) is 0 Å². The van der Waals surface area contributed by atoms with Crippen molar-refractivity contribution in [1.29, 1.82) is 0 Å². The Hall–Kier alpha value is -2.16. The average molecular weight is 269 g/mol. The van der Waals surface area contributed by atoms with Gasteiger partial charge in [0.25, 0.3) is 0 Å². The van der Waals surface area contributed by atoms with Gasteiger partial charge in [0.1, 0.15) is 0 Å². The number of aryl methyl sites for hydroxylation is 3. The van der Waals surface area contributed by atoms with Crippen molar-refractivity contribution < 1.29 is 9.90 Å². The minimum atomic E-state index is -0.944. The quantitative estimate of drug-likeness (QED) is 0.896. The molecule has 1 heterocycles. The van der Waals surface area contributed by atoms with E-state index in [0.717, 1.165) is 16.8 Å². The van der Waals surface area contributed by atoms with Gasteiger partial charge in [-0.2, -0.15) is 0 Å². The summed E-state index contributed by atoms with van der Waals surface area (Å²) < 4.78 is 0. The predicted octanol–water partition coefficient (Wildman–Crippen LogP) is 3.99. The van der Waals surface area contributed by atoms with E-state index in [1.54, 1.807) is 6.07 Å². The minimum absolute atomic E-state index is 0.228. The molecule has 0 aliphatic rings. The molecule has 104 valence electrons. The molecule has 1 aromatic carbocycles. The van der Waals surface area contributed by atoms with E-state index in [0.29, 0.717) is 0 Å². The number of benzene rings is 1. The van der Waals surface area contributed by atoms with Gasteiger partial charge in [-0.3, -0.25) is 4.98 Å². The highest BCUT2D eigenvalue weighted by Crippen LogP contribution is 2.32. The molecule has 0 aliphatic carbocycles. The van der Waals surface area contributed by atoms with Crippen LogP contribution in [-0.2, 0) is 0 Å². The fourth-order valence-corrected chi connectivity index (χ4v) is 2.53. The number of hydrogen-bond donors (Lipinski definition) is 1. The summed E-state index contributed by atoms with van der Waals surface area (Å²) in [4.78, 5) is 15.4. The highest BCUT2D eigenvalue weighted by atomic mass is 16.4. The second-order valence-electron chi connectivity index (χ2n) is 5.33. The van der Waals surface area contributed by atoms with Crippen LogP contribution < -0.4 is 0 Å². The zero-order chi connectivity index (χ0) is 15.0. The Morgan fingerprint density at radius 1 is 0.950 bits per heavy atom. The predicted molar refractivity (Wildman–Crippen MR) is 80.3 cm³/mol. The first-order valence-electron chi connectivity index (χ1n) is 6.60. The normalized spacial score (nSPS) is 10.7. The van der Waals surface area contributed by atoms with Crippen molar-refractivity contribution in [2.45, 2.75) is 34.6 Å². The first-order valence-corrected chi connectivity index (χ1v) is 6.60. The maximum atomic E-state index is 11.0. The Labute approximate surface area is 119 Å². The third-order valence-corrected chi connectivity index (χ3v) is 3.93. The number of nitrogens with zero attached hydrogens (tertiary/aromatic N) is 1. The van der Waals surface area contributed by atoms with E-state index < -0.39 is 5.97 Å². The van der Waals surface area contributed by atoms with Crippen molar-refractivity contribution in [2.75, 3.05) is 0 Å². The van der Waals surface area contributed by atoms with Crippen LogP contribution >= 0.6 is 0 Å². The van der Waals surface area contributed by atoms with Crippen LogP contribution in [0.1, 0.15) is 38.2 Å². The molecular weight excluding hydrogens is 250 g/mol. The molecule has 0 atom stereocenters. The summed E-state index contributed by atoms with van der Waals surface area (Å²) in [6, 6.07) is 3.86. The number of pyridine rings is 1. The highest BCUT2D eigenvalue weighted by molar-refractivity contribution is 5.88. The summed E-state index contributed by atoms with van der Waals surface area (Å²) in [5, 5.41) is 9.03. The topological polar surface area (TPSA) is 50.2 Å². The molecule has 3 nitrogen and oxygen atoms in total. The standard InChI is InChI=1S/C17H19NO2/c1-9-6-10(2)13(5)15(12(9)4)16-11(3)7-14(8-18-16)17(19)20/h6-8H,1-5H3,(H,19,20). The van der Waals surface area contributed by atoms with E-state index in [2.05, 4.69) is 38.7 Å². The molecule has 0 saturated carbocycles. The van der Waals surface area contributed by atoms with Crippen LogP contribution in [-0.4, -0.2) is 16.1 Å². The number of carbonyl (C=O) groups is 1. The van der Waals surface area contributed by atoms with Gasteiger partial charge in [-0.05, 0) is 68.5 Å². The molecule has 0 spiro atoms. The third kappa shape index (κ3) is 2.31. The fourth-order valence-electron chi connectivity index (χ4n) is 2.53. The molecule has 1 aromatic heterocycles. The lowest BCUT2D eigenvalue weighted by Crippen LogP contribution is -2.02. The van der Waals surface area contributed by atoms with Crippen molar-refractivity contribution in [3.8, 4) is 11.3 Å². The molecule has 20 heavy (non-hydrogen) atoms. The fraction of sp³-hybridized carbons (Fsp3) is 0.294. The van der Waals surface area contributed by atoms with Crippen molar-refractivity contribution in [2.24, 2.45) is 0 Å². The number of hydrogen-bond acceptors (Lipinski definition) is 2. The first kappa shape index (κ1) is 14.3. The number of carboxylic acid groups (broad SMARTS) is 1. The molecular formula is C17H19NO2. The van der Waals surface area contributed by atoms with Gasteiger partial charge in [0.05, 0.1) is 11.3 Å². The van der Waals surface area contributed by atoms with Crippen LogP contribution in [0, 0.1) is 34.6 Å². The lowest BCUT2D eigenvalue weighted by atomic mass is 9.90. The molecule has 0 saturated heterocycles. The summed E-state index contributed by atoms with van der Waals surface area (Å²) >= 11 is 0. The van der Waals surface area contributed by atoms with Gasteiger partial charge in [0.15, 0.2) is 0 Å². The second-order valence-corrected chi connectivity index (χ2v) is 5.33. The smallest absolute Gasteiger partial charge is 0.337 e. The molecule has 0 aliphatic heterocycles. The van der Waals surface area contributed by atoms with Crippen LogP contribution in [0.4, 0.5) is 0 Å². The Morgan fingerprint density at radius 3 is 1.95 bits per heavy atom. The molecule has 0 bridgehead atoms. The van der Waals surface area contributed by atoms with Gasteiger partial charge in [-0.25, -0.2) is 4.79 Å². The van der Waals surface area contributed by atoms with Gasteiger partial charge in [-0.15, -0.1) is 0 Å². The maximum absolute atomic E-state index is 11.0. The average Bonchev–Trinajstić information content (AvgIpc) is 2.38. The minimum Gasteiger partial charge on any atom is -0.478 e. The number of carboxylic acids is 1. The van der Waals surface area contributed by atoms with E-state index in [-0.39, 0.29) is 5.56 Å².